The normalized spacial score (nSPS) is 17.8. The maximum absolute atomic E-state index is 12.3. The van der Waals surface area contributed by atoms with Crippen molar-refractivity contribution < 1.29 is 4.79 Å². The van der Waals surface area contributed by atoms with E-state index in [1.807, 2.05) is 12.1 Å². The second-order valence-electron chi connectivity index (χ2n) is 5.99. The van der Waals surface area contributed by atoms with Crippen molar-refractivity contribution in [3.05, 3.63) is 48.2 Å². The van der Waals surface area contributed by atoms with E-state index in [-0.39, 0.29) is 5.91 Å². The molecule has 0 saturated carbocycles. The van der Waals surface area contributed by atoms with E-state index in [1.54, 1.807) is 18.5 Å². The van der Waals surface area contributed by atoms with Gasteiger partial charge >= 0.3 is 0 Å². The third-order valence-corrected chi connectivity index (χ3v) is 4.07. The largest absolute Gasteiger partial charge is 0.356 e. The zero-order valence-electron chi connectivity index (χ0n) is 13.3. The minimum Gasteiger partial charge on any atom is -0.356 e. The highest BCUT2D eigenvalue weighted by Gasteiger charge is 2.19. The minimum absolute atomic E-state index is 0.185. The second-order valence-corrected chi connectivity index (χ2v) is 5.99. The summed E-state index contributed by atoms with van der Waals surface area (Å²) in [4.78, 5) is 26.9. The molecule has 3 rings (SSSR count). The molecule has 0 aromatic carbocycles. The highest BCUT2D eigenvalue weighted by atomic mass is 16.1. The molecule has 0 spiro atoms. The number of amides is 1. The molecule has 1 unspecified atom stereocenters. The Balaban J connectivity index is 1.65. The van der Waals surface area contributed by atoms with Gasteiger partial charge in [0.2, 0.25) is 0 Å². The Morgan fingerprint density at radius 1 is 1.35 bits per heavy atom. The Labute approximate surface area is 136 Å². The number of hydrogen-bond donors (Lipinski definition) is 1. The molecule has 3 heterocycles. The summed E-state index contributed by atoms with van der Waals surface area (Å²) in [6, 6.07) is 5.53. The Hall–Kier alpha value is -2.50. The SMILES string of the molecule is CC1CCCN(c2cc(C(=O)NCc3ccncc3)ncn2)C1. The molecular weight excluding hydrogens is 290 g/mol. The molecule has 1 amide bonds. The molecule has 2 aromatic rings. The molecular formula is C17H21N5O. The molecule has 1 aliphatic rings. The monoisotopic (exact) mass is 311 g/mol. The molecule has 1 saturated heterocycles. The molecule has 2 aromatic heterocycles. The van der Waals surface area contributed by atoms with Crippen LogP contribution >= 0.6 is 0 Å². The van der Waals surface area contributed by atoms with Crippen molar-refractivity contribution in [2.45, 2.75) is 26.3 Å². The lowest BCUT2D eigenvalue weighted by Gasteiger charge is -2.31. The lowest BCUT2D eigenvalue weighted by molar-refractivity contribution is 0.0945. The number of hydrogen-bond acceptors (Lipinski definition) is 5. The van der Waals surface area contributed by atoms with E-state index >= 15 is 0 Å². The summed E-state index contributed by atoms with van der Waals surface area (Å²) in [5.74, 6) is 1.30. The van der Waals surface area contributed by atoms with Crippen molar-refractivity contribution in [2.75, 3.05) is 18.0 Å². The Morgan fingerprint density at radius 3 is 2.96 bits per heavy atom. The van der Waals surface area contributed by atoms with Gasteiger partial charge < -0.3 is 10.2 Å². The average Bonchev–Trinajstić information content (AvgIpc) is 2.61. The van der Waals surface area contributed by atoms with Crippen LogP contribution in [0.2, 0.25) is 0 Å². The van der Waals surface area contributed by atoms with Gasteiger partial charge in [-0.15, -0.1) is 0 Å². The number of nitrogens with zero attached hydrogens (tertiary/aromatic N) is 4. The van der Waals surface area contributed by atoms with Gasteiger partial charge in [0.05, 0.1) is 0 Å². The molecule has 0 radical (unpaired) electrons. The third kappa shape index (κ3) is 4.03. The van der Waals surface area contributed by atoms with Crippen LogP contribution in [0.1, 0.15) is 35.8 Å². The van der Waals surface area contributed by atoms with Gasteiger partial charge in [-0.2, -0.15) is 0 Å². The van der Waals surface area contributed by atoms with Gasteiger partial charge in [-0.05, 0) is 36.5 Å². The topological polar surface area (TPSA) is 71.0 Å². The van der Waals surface area contributed by atoms with Crippen LogP contribution in [-0.4, -0.2) is 33.9 Å². The zero-order chi connectivity index (χ0) is 16.1. The molecule has 1 fully saturated rings. The molecule has 120 valence electrons. The average molecular weight is 311 g/mol. The second kappa shape index (κ2) is 7.17. The number of carbonyl (C=O) groups is 1. The highest BCUT2D eigenvalue weighted by Crippen LogP contribution is 2.21. The molecule has 23 heavy (non-hydrogen) atoms. The molecule has 6 nitrogen and oxygen atoms in total. The number of carbonyl (C=O) groups excluding carboxylic acids is 1. The molecule has 1 N–H and O–H groups in total. The fourth-order valence-corrected chi connectivity index (χ4v) is 2.82. The number of piperidine rings is 1. The molecule has 0 aliphatic carbocycles. The standard InChI is InChI=1S/C17H21N5O/c1-13-3-2-8-22(11-13)16-9-15(20-12-21-16)17(23)19-10-14-4-6-18-7-5-14/h4-7,9,12-13H,2-3,8,10-11H2,1H3,(H,19,23). The van der Waals surface area contributed by atoms with Crippen molar-refractivity contribution in [1.82, 2.24) is 20.3 Å². The van der Waals surface area contributed by atoms with Crippen LogP contribution in [0.3, 0.4) is 0 Å². The van der Waals surface area contributed by atoms with Crippen LogP contribution in [0.5, 0.6) is 0 Å². The van der Waals surface area contributed by atoms with E-state index in [4.69, 9.17) is 0 Å². The van der Waals surface area contributed by atoms with E-state index in [1.165, 1.54) is 12.7 Å². The van der Waals surface area contributed by atoms with E-state index in [0.717, 1.165) is 30.9 Å². The first-order chi connectivity index (χ1) is 11.2. The van der Waals surface area contributed by atoms with E-state index in [0.29, 0.717) is 18.2 Å². The summed E-state index contributed by atoms with van der Waals surface area (Å²) in [5.41, 5.74) is 1.41. The summed E-state index contributed by atoms with van der Waals surface area (Å²) >= 11 is 0. The van der Waals surface area contributed by atoms with E-state index in [9.17, 15) is 4.79 Å². The third-order valence-electron chi connectivity index (χ3n) is 4.07. The first-order valence-electron chi connectivity index (χ1n) is 7.96. The maximum atomic E-state index is 12.3. The van der Waals surface area contributed by atoms with Crippen LogP contribution in [0.15, 0.2) is 36.9 Å². The fraction of sp³-hybridized carbons (Fsp3) is 0.412. The van der Waals surface area contributed by atoms with Crippen LogP contribution in [-0.2, 0) is 6.54 Å². The van der Waals surface area contributed by atoms with Gasteiger partial charge in [0.15, 0.2) is 0 Å². The van der Waals surface area contributed by atoms with Gasteiger partial charge in [0.25, 0.3) is 5.91 Å². The smallest absolute Gasteiger partial charge is 0.270 e. The Bertz CT molecular complexity index is 661. The van der Waals surface area contributed by atoms with Crippen LogP contribution in [0, 0.1) is 5.92 Å². The van der Waals surface area contributed by atoms with Gasteiger partial charge in [-0.25, -0.2) is 9.97 Å². The van der Waals surface area contributed by atoms with Crippen molar-refractivity contribution in [3.63, 3.8) is 0 Å². The maximum Gasteiger partial charge on any atom is 0.270 e. The quantitative estimate of drug-likeness (QED) is 0.935. The van der Waals surface area contributed by atoms with Crippen LogP contribution in [0.4, 0.5) is 5.82 Å². The summed E-state index contributed by atoms with van der Waals surface area (Å²) in [7, 11) is 0. The fourth-order valence-electron chi connectivity index (χ4n) is 2.82. The molecule has 0 bridgehead atoms. The van der Waals surface area contributed by atoms with Crippen molar-refractivity contribution >= 4 is 11.7 Å². The van der Waals surface area contributed by atoms with Crippen LogP contribution < -0.4 is 10.2 Å². The molecule has 1 atom stereocenters. The highest BCUT2D eigenvalue weighted by molar-refractivity contribution is 5.92. The number of nitrogens with one attached hydrogen (secondary N) is 1. The van der Waals surface area contributed by atoms with Crippen LogP contribution in [0.25, 0.3) is 0 Å². The van der Waals surface area contributed by atoms with Gasteiger partial charge in [0, 0.05) is 38.1 Å². The molecule has 6 heteroatoms. The first kappa shape index (κ1) is 15.4. The summed E-state index contributed by atoms with van der Waals surface area (Å²) in [6.07, 6.45) is 7.30. The first-order valence-corrected chi connectivity index (χ1v) is 7.96. The number of pyridine rings is 1. The summed E-state index contributed by atoms with van der Waals surface area (Å²) < 4.78 is 0. The lowest BCUT2D eigenvalue weighted by atomic mass is 10.0. The Kier molecular flexibility index (Phi) is 4.80. The van der Waals surface area contributed by atoms with Gasteiger partial charge in [-0.1, -0.05) is 6.92 Å². The lowest BCUT2D eigenvalue weighted by Crippen LogP contribution is -2.35. The predicted molar refractivity (Wildman–Crippen MR) is 88.1 cm³/mol. The summed E-state index contributed by atoms with van der Waals surface area (Å²) in [5, 5.41) is 2.88. The van der Waals surface area contributed by atoms with Crippen molar-refractivity contribution in [2.24, 2.45) is 5.92 Å². The minimum atomic E-state index is -0.185. The number of aromatic nitrogens is 3. The van der Waals surface area contributed by atoms with Crippen molar-refractivity contribution in [1.29, 1.82) is 0 Å². The van der Waals surface area contributed by atoms with Gasteiger partial charge in [0.1, 0.15) is 17.8 Å². The predicted octanol–water partition coefficient (Wildman–Crippen LogP) is 2.04. The van der Waals surface area contributed by atoms with E-state index < -0.39 is 0 Å². The van der Waals surface area contributed by atoms with Gasteiger partial charge in [-0.3, -0.25) is 9.78 Å². The van der Waals surface area contributed by atoms with Crippen molar-refractivity contribution in [3.8, 4) is 0 Å². The number of anilines is 1. The number of rotatable bonds is 4. The summed E-state index contributed by atoms with van der Waals surface area (Å²) in [6.45, 7) is 4.67. The zero-order valence-corrected chi connectivity index (χ0v) is 13.3. The molecule has 1 aliphatic heterocycles. The Morgan fingerprint density at radius 2 is 2.17 bits per heavy atom. The van der Waals surface area contributed by atoms with E-state index in [2.05, 4.69) is 32.1 Å².